The Morgan fingerprint density at radius 3 is 2.25 bits per heavy atom. The van der Waals surface area contributed by atoms with Crippen molar-refractivity contribution in [2.75, 3.05) is 18.4 Å². The minimum absolute atomic E-state index is 0. The van der Waals surface area contributed by atoms with Gasteiger partial charge in [0.15, 0.2) is 5.82 Å². The van der Waals surface area contributed by atoms with E-state index < -0.39 is 41.1 Å². The Morgan fingerprint density at radius 1 is 0.906 bits per heavy atom. The number of piperidine rings is 1. The van der Waals surface area contributed by atoms with Gasteiger partial charge in [0.25, 0.3) is 0 Å². The lowest BCUT2D eigenvalue weighted by molar-refractivity contribution is -0.135. The van der Waals surface area contributed by atoms with Gasteiger partial charge >= 0.3 is 6.09 Å². The lowest BCUT2D eigenvalue weighted by Gasteiger charge is -2.33. The molecule has 284 valence electrons. The van der Waals surface area contributed by atoms with Crippen molar-refractivity contribution in [3.05, 3.63) is 96.4 Å². The van der Waals surface area contributed by atoms with Crippen LogP contribution in [0.1, 0.15) is 91.8 Å². The molecule has 1 aliphatic rings. The first kappa shape index (κ1) is 40.6. The number of amides is 4. The number of hydrogen-bond acceptors (Lipinski definition) is 6. The van der Waals surface area contributed by atoms with Crippen LogP contribution in [-0.2, 0) is 25.5 Å². The van der Waals surface area contributed by atoms with Crippen LogP contribution in [0.25, 0.3) is 10.8 Å². The zero-order valence-corrected chi connectivity index (χ0v) is 31.1. The van der Waals surface area contributed by atoms with Crippen LogP contribution in [0.15, 0.2) is 85.3 Å². The average Bonchev–Trinajstić information content (AvgIpc) is 3.54. The molecule has 53 heavy (non-hydrogen) atoms. The number of benzene rings is 3. The Balaban J connectivity index is 0.00000627. The molecule has 11 heteroatoms. The highest BCUT2D eigenvalue weighted by molar-refractivity contribution is 5.98. The highest BCUT2D eigenvalue weighted by Gasteiger charge is 2.35. The molecule has 0 aliphatic carbocycles. The molecule has 4 amide bonds. The van der Waals surface area contributed by atoms with Crippen LogP contribution in [0.2, 0.25) is 0 Å². The molecule has 0 bridgehead atoms. The summed E-state index contributed by atoms with van der Waals surface area (Å²) in [4.78, 5) is 60.5. The minimum Gasteiger partial charge on any atom is -0.444 e. The van der Waals surface area contributed by atoms with Gasteiger partial charge in [-0.2, -0.15) is 0 Å². The molecule has 2 atom stereocenters. The molecule has 1 aliphatic heterocycles. The fraction of sp³-hybridized carbons (Fsp3) is 0.452. The molecule has 2 heterocycles. The van der Waals surface area contributed by atoms with Crippen molar-refractivity contribution in [1.82, 2.24) is 25.1 Å². The molecule has 11 nitrogen and oxygen atoms in total. The number of aryl methyl sites for hydroxylation is 1. The molecular formula is C42H56N6O5. The topological polar surface area (TPSA) is 135 Å². The standard InChI is InChI=1S/C41H52N6O5.CH4/c1-28-21-23-46(24-22-28)37(49)35(32-20-19-30-16-10-11-17-31(30)25-32)47-26-34(42-27-47)44-36(48)33(18-12-15-29-13-8-7-9-14-29)43-38(50)41(5,6)45-39(51)52-40(2,3)4;/h7-11,13-14,16-17,19-20,25-28,33,35H,12,15,18,21-24H2,1-6H3,(H,43,50)(H,44,48)(H,45,51);1H4/t33-,35?;/m1./s1. The maximum absolute atomic E-state index is 14.2. The van der Waals surface area contributed by atoms with E-state index in [2.05, 4.69) is 27.9 Å². The highest BCUT2D eigenvalue weighted by Crippen LogP contribution is 2.28. The summed E-state index contributed by atoms with van der Waals surface area (Å²) < 4.78 is 7.10. The van der Waals surface area contributed by atoms with Crippen molar-refractivity contribution in [2.24, 2.45) is 5.92 Å². The second-order valence-electron chi connectivity index (χ2n) is 15.4. The van der Waals surface area contributed by atoms with Crippen LogP contribution >= 0.6 is 0 Å². The Hall–Kier alpha value is -5.19. The van der Waals surface area contributed by atoms with Gasteiger partial charge < -0.3 is 30.2 Å². The van der Waals surface area contributed by atoms with Gasteiger partial charge in [0, 0.05) is 19.3 Å². The normalized spacial score (nSPS) is 14.8. The molecule has 3 N–H and O–H groups in total. The van der Waals surface area contributed by atoms with E-state index in [0.717, 1.165) is 34.7 Å². The number of fused-ring (bicyclic) bond motifs is 1. The number of ether oxygens (including phenoxy) is 1. The average molecular weight is 725 g/mol. The fourth-order valence-electron chi connectivity index (χ4n) is 6.36. The summed E-state index contributed by atoms with van der Waals surface area (Å²) in [6.07, 6.45) is 6.05. The number of rotatable bonds is 12. The first-order chi connectivity index (χ1) is 24.7. The van der Waals surface area contributed by atoms with Crippen molar-refractivity contribution < 1.29 is 23.9 Å². The van der Waals surface area contributed by atoms with E-state index in [-0.39, 0.29) is 19.2 Å². The molecule has 4 aromatic rings. The molecular weight excluding hydrogens is 668 g/mol. The van der Waals surface area contributed by atoms with Crippen molar-refractivity contribution in [3.8, 4) is 0 Å². The summed E-state index contributed by atoms with van der Waals surface area (Å²) in [7, 11) is 0. The van der Waals surface area contributed by atoms with Crippen LogP contribution < -0.4 is 16.0 Å². The van der Waals surface area contributed by atoms with E-state index in [0.29, 0.717) is 38.3 Å². The van der Waals surface area contributed by atoms with Gasteiger partial charge in [-0.15, -0.1) is 0 Å². The van der Waals surface area contributed by atoms with E-state index in [9.17, 15) is 19.2 Å². The zero-order valence-electron chi connectivity index (χ0n) is 31.1. The maximum Gasteiger partial charge on any atom is 0.408 e. The third kappa shape index (κ3) is 11.2. The number of likely N-dealkylation sites (tertiary alicyclic amines) is 1. The molecule has 1 fully saturated rings. The summed E-state index contributed by atoms with van der Waals surface area (Å²) in [5.41, 5.74) is -0.180. The number of carbonyl (C=O) groups excluding carboxylic acids is 4. The van der Waals surface area contributed by atoms with Crippen LogP contribution in [0.4, 0.5) is 10.6 Å². The van der Waals surface area contributed by atoms with Gasteiger partial charge in [-0.25, -0.2) is 9.78 Å². The molecule has 0 saturated carbocycles. The second kappa shape index (κ2) is 17.6. The number of alkyl carbamates (subject to hydrolysis) is 1. The molecule has 1 aromatic heterocycles. The Labute approximate surface area is 313 Å². The number of hydrogen-bond donors (Lipinski definition) is 3. The third-order valence-corrected chi connectivity index (χ3v) is 9.37. The van der Waals surface area contributed by atoms with Crippen LogP contribution in [-0.4, -0.2) is 68.5 Å². The van der Waals surface area contributed by atoms with Gasteiger partial charge in [-0.05, 0) is 101 Å². The predicted molar refractivity (Wildman–Crippen MR) is 209 cm³/mol. The highest BCUT2D eigenvalue weighted by atomic mass is 16.6. The molecule has 1 unspecified atom stereocenters. The summed E-state index contributed by atoms with van der Waals surface area (Å²) in [5, 5.41) is 10.4. The van der Waals surface area contributed by atoms with E-state index in [4.69, 9.17) is 4.74 Å². The first-order valence-corrected chi connectivity index (χ1v) is 18.2. The summed E-state index contributed by atoms with van der Waals surface area (Å²) in [5.74, 6) is -0.203. The van der Waals surface area contributed by atoms with Crippen LogP contribution in [0.3, 0.4) is 0 Å². The third-order valence-electron chi connectivity index (χ3n) is 9.37. The van der Waals surface area contributed by atoms with Crippen molar-refractivity contribution >= 4 is 40.4 Å². The second-order valence-corrected chi connectivity index (χ2v) is 15.4. The van der Waals surface area contributed by atoms with Crippen molar-refractivity contribution in [2.45, 2.75) is 104 Å². The SMILES string of the molecule is C.CC1CCN(C(=O)C(c2ccc3ccccc3c2)n2cnc(NC(=O)[C@@H](CCCc3ccccc3)NC(=O)C(C)(C)NC(=O)OC(C)(C)C)c2)CC1. The summed E-state index contributed by atoms with van der Waals surface area (Å²) >= 11 is 0. The summed E-state index contributed by atoms with van der Waals surface area (Å²) in [6, 6.07) is 22.3. The maximum atomic E-state index is 14.2. The van der Waals surface area contributed by atoms with E-state index in [1.165, 1.54) is 0 Å². The Bertz CT molecular complexity index is 1860. The Morgan fingerprint density at radius 2 is 1.57 bits per heavy atom. The molecule has 0 radical (unpaired) electrons. The lowest BCUT2D eigenvalue weighted by Crippen LogP contribution is -2.58. The van der Waals surface area contributed by atoms with Gasteiger partial charge in [-0.1, -0.05) is 81.1 Å². The van der Waals surface area contributed by atoms with Crippen LogP contribution in [0.5, 0.6) is 0 Å². The quantitative estimate of drug-likeness (QED) is 0.141. The van der Waals surface area contributed by atoms with E-state index in [1.807, 2.05) is 77.7 Å². The molecule has 3 aromatic carbocycles. The predicted octanol–water partition coefficient (Wildman–Crippen LogP) is 7.27. The van der Waals surface area contributed by atoms with Gasteiger partial charge in [-0.3, -0.25) is 14.4 Å². The smallest absolute Gasteiger partial charge is 0.408 e. The van der Waals surface area contributed by atoms with Crippen molar-refractivity contribution in [1.29, 1.82) is 0 Å². The fourth-order valence-corrected chi connectivity index (χ4v) is 6.36. The largest absolute Gasteiger partial charge is 0.444 e. The number of aromatic nitrogens is 2. The number of nitrogens with zero attached hydrogens (tertiary/aromatic N) is 3. The van der Waals surface area contributed by atoms with Gasteiger partial charge in [0.2, 0.25) is 17.7 Å². The molecule has 0 spiro atoms. The van der Waals surface area contributed by atoms with E-state index in [1.54, 1.807) is 51.7 Å². The number of imidazole rings is 1. The number of nitrogens with one attached hydrogen (secondary N) is 3. The molecule has 1 saturated heterocycles. The molecule has 5 rings (SSSR count). The van der Waals surface area contributed by atoms with Gasteiger partial charge in [0.05, 0.1) is 6.33 Å². The van der Waals surface area contributed by atoms with Crippen LogP contribution in [0, 0.1) is 5.92 Å². The first-order valence-electron chi connectivity index (χ1n) is 18.2. The summed E-state index contributed by atoms with van der Waals surface area (Å²) in [6.45, 7) is 11.9. The van der Waals surface area contributed by atoms with E-state index >= 15 is 0 Å². The number of anilines is 1. The van der Waals surface area contributed by atoms with Crippen molar-refractivity contribution in [3.63, 3.8) is 0 Å². The van der Waals surface area contributed by atoms with Gasteiger partial charge in [0.1, 0.15) is 23.2 Å². The Kier molecular flexibility index (Phi) is 13.4. The lowest BCUT2D eigenvalue weighted by atomic mass is 9.96. The zero-order chi connectivity index (χ0) is 37.5. The number of carbonyl (C=O) groups is 4. The minimum atomic E-state index is -1.37. The monoisotopic (exact) mass is 724 g/mol.